The van der Waals surface area contributed by atoms with E-state index in [1.165, 1.54) is 11.3 Å². The van der Waals surface area contributed by atoms with E-state index in [0.29, 0.717) is 19.3 Å². The molecule has 0 aliphatic heterocycles. The van der Waals surface area contributed by atoms with Crippen molar-refractivity contribution in [2.45, 2.75) is 44.4 Å². The monoisotopic (exact) mass is 416 g/mol. The first-order chi connectivity index (χ1) is 14.0. The van der Waals surface area contributed by atoms with E-state index >= 15 is 0 Å². The number of aliphatic carboxylic acids is 1. The van der Waals surface area contributed by atoms with Crippen LogP contribution in [0.5, 0.6) is 0 Å². The lowest BCUT2D eigenvalue weighted by Gasteiger charge is -2.15. The zero-order valence-electron chi connectivity index (χ0n) is 16.0. The molecule has 1 aromatic carbocycles. The molecule has 29 heavy (non-hydrogen) atoms. The summed E-state index contributed by atoms with van der Waals surface area (Å²) in [5.74, 6) is -1.91. The van der Waals surface area contributed by atoms with Crippen LogP contribution in [0.15, 0.2) is 54.6 Å². The lowest BCUT2D eigenvalue weighted by atomic mass is 9.90. The Morgan fingerprint density at radius 3 is 2.86 bits per heavy atom. The van der Waals surface area contributed by atoms with E-state index in [1.54, 1.807) is 12.2 Å². The molecule has 4 atom stereocenters. The molecule has 1 aliphatic carbocycles. The van der Waals surface area contributed by atoms with Crippen LogP contribution in [0.3, 0.4) is 0 Å². The van der Waals surface area contributed by atoms with Crippen molar-refractivity contribution in [1.82, 2.24) is 0 Å². The number of aliphatic hydroxyl groups is 1. The molecule has 0 saturated heterocycles. The fourth-order valence-electron chi connectivity index (χ4n) is 3.70. The van der Waals surface area contributed by atoms with Crippen LogP contribution < -0.4 is 0 Å². The van der Waals surface area contributed by atoms with Crippen molar-refractivity contribution >= 4 is 33.2 Å². The van der Waals surface area contributed by atoms with Crippen LogP contribution in [0.1, 0.15) is 43.1 Å². The van der Waals surface area contributed by atoms with Crippen molar-refractivity contribution in [1.29, 1.82) is 0 Å². The maximum Gasteiger partial charge on any atom is 0.303 e. The van der Waals surface area contributed by atoms with Crippen molar-refractivity contribution < 1.29 is 24.2 Å². The number of ketones is 1. The predicted octanol–water partition coefficient (Wildman–Crippen LogP) is 5.24. The van der Waals surface area contributed by atoms with Crippen LogP contribution in [-0.2, 0) is 9.59 Å². The van der Waals surface area contributed by atoms with Gasteiger partial charge in [-0.1, -0.05) is 42.5 Å². The molecular weight excluding hydrogens is 391 g/mol. The molecule has 0 spiro atoms. The summed E-state index contributed by atoms with van der Waals surface area (Å²) >= 11 is 1.50. The molecule has 0 unspecified atom stereocenters. The molecule has 1 aromatic heterocycles. The molecule has 2 aromatic rings. The first-order valence-electron chi connectivity index (χ1n) is 9.84. The second-order valence-corrected chi connectivity index (χ2v) is 8.50. The SMILES string of the molecule is O=C(O)CCCC=CC[C@H]1C(=O)C[C@@H](F)[C@@H]1C=C[C@@H](O)c1cc2ccccc2s1. The van der Waals surface area contributed by atoms with E-state index in [-0.39, 0.29) is 18.6 Å². The maximum atomic E-state index is 14.4. The van der Waals surface area contributed by atoms with Gasteiger partial charge in [-0.2, -0.15) is 0 Å². The number of rotatable bonds is 9. The van der Waals surface area contributed by atoms with Gasteiger partial charge in [-0.05, 0) is 36.8 Å². The fourth-order valence-corrected chi connectivity index (χ4v) is 4.73. The number of hydrogen-bond donors (Lipinski definition) is 2. The number of hydrogen-bond acceptors (Lipinski definition) is 4. The minimum Gasteiger partial charge on any atom is -0.481 e. The van der Waals surface area contributed by atoms with Crippen LogP contribution in [0.25, 0.3) is 10.1 Å². The summed E-state index contributed by atoms with van der Waals surface area (Å²) in [6, 6.07) is 9.80. The first kappa shape index (κ1) is 21.4. The lowest BCUT2D eigenvalue weighted by Crippen LogP contribution is -2.16. The number of Topliss-reactive ketones (excluding diaryl/α,β-unsaturated/α-hetero) is 1. The van der Waals surface area contributed by atoms with E-state index in [1.807, 2.05) is 42.5 Å². The Labute approximate surface area is 173 Å². The molecule has 1 aliphatic rings. The van der Waals surface area contributed by atoms with Crippen molar-refractivity contribution in [2.24, 2.45) is 11.8 Å². The Balaban J connectivity index is 1.61. The third kappa shape index (κ3) is 5.61. The molecule has 0 radical (unpaired) electrons. The second kappa shape index (κ2) is 9.94. The van der Waals surface area contributed by atoms with Crippen molar-refractivity contribution in [3.8, 4) is 0 Å². The smallest absolute Gasteiger partial charge is 0.303 e. The van der Waals surface area contributed by atoms with Gasteiger partial charge in [-0.3, -0.25) is 9.59 Å². The Kier molecular flexibility index (Phi) is 7.34. The molecule has 3 rings (SSSR count). The summed E-state index contributed by atoms with van der Waals surface area (Å²) < 4.78 is 15.5. The summed E-state index contributed by atoms with van der Waals surface area (Å²) in [6.45, 7) is 0. The third-order valence-corrected chi connectivity index (χ3v) is 6.45. The van der Waals surface area contributed by atoms with Crippen LogP contribution in [0, 0.1) is 11.8 Å². The molecule has 0 bridgehead atoms. The molecule has 154 valence electrons. The normalized spacial score (nSPS) is 23.5. The third-order valence-electron chi connectivity index (χ3n) is 5.26. The minimum atomic E-state index is -1.24. The van der Waals surface area contributed by atoms with E-state index in [9.17, 15) is 19.1 Å². The van der Waals surface area contributed by atoms with Gasteiger partial charge in [0.15, 0.2) is 0 Å². The number of carbonyl (C=O) groups is 2. The number of carbonyl (C=O) groups excluding carboxylic acids is 1. The van der Waals surface area contributed by atoms with Crippen LogP contribution in [-0.4, -0.2) is 28.1 Å². The van der Waals surface area contributed by atoms with Crippen LogP contribution in [0.4, 0.5) is 4.39 Å². The summed E-state index contributed by atoms with van der Waals surface area (Å²) in [5, 5.41) is 20.2. The molecular formula is C23H25FO4S. The van der Waals surface area contributed by atoms with Crippen molar-refractivity contribution in [3.63, 3.8) is 0 Å². The molecule has 1 heterocycles. The predicted molar refractivity (Wildman–Crippen MR) is 113 cm³/mol. The Morgan fingerprint density at radius 2 is 2.10 bits per heavy atom. The van der Waals surface area contributed by atoms with Gasteiger partial charge in [-0.15, -0.1) is 11.3 Å². The Bertz CT molecular complexity index is 883. The number of allylic oxidation sites excluding steroid dienone is 3. The molecule has 2 N–H and O–H groups in total. The standard InChI is InChI=1S/C23H25FO4S/c24-18-14-20(26)17(8-3-1-2-4-10-23(27)28)16(18)11-12-19(25)22-13-15-7-5-6-9-21(15)29-22/h1,3,5-7,9,11-13,16-19,25H,2,4,8,10,14H2,(H,27,28)/t16-,17-,18-,19-/m1/s1. The van der Waals surface area contributed by atoms with Gasteiger partial charge in [0.25, 0.3) is 0 Å². The molecule has 0 amide bonds. The fraction of sp³-hybridized carbons (Fsp3) is 0.391. The number of fused-ring (bicyclic) bond motifs is 1. The highest BCUT2D eigenvalue weighted by atomic mass is 32.1. The van der Waals surface area contributed by atoms with Gasteiger partial charge in [0, 0.05) is 34.3 Å². The van der Waals surface area contributed by atoms with Gasteiger partial charge < -0.3 is 10.2 Å². The van der Waals surface area contributed by atoms with Gasteiger partial charge in [0.05, 0.1) is 0 Å². The number of unbranched alkanes of at least 4 members (excludes halogenated alkanes) is 1. The highest BCUT2D eigenvalue weighted by Gasteiger charge is 2.40. The summed E-state index contributed by atoms with van der Waals surface area (Å²) in [4.78, 5) is 23.5. The number of carboxylic acid groups (broad SMARTS) is 1. The highest BCUT2D eigenvalue weighted by molar-refractivity contribution is 7.19. The van der Waals surface area contributed by atoms with Gasteiger partial charge in [0.1, 0.15) is 18.1 Å². The van der Waals surface area contributed by atoms with E-state index in [0.717, 1.165) is 15.0 Å². The number of alkyl halides is 1. The lowest BCUT2D eigenvalue weighted by molar-refractivity contribution is -0.137. The Morgan fingerprint density at radius 1 is 1.31 bits per heavy atom. The molecule has 4 nitrogen and oxygen atoms in total. The van der Waals surface area contributed by atoms with Crippen molar-refractivity contribution in [3.05, 3.63) is 59.5 Å². The second-order valence-electron chi connectivity index (χ2n) is 7.38. The van der Waals surface area contributed by atoms with Crippen LogP contribution >= 0.6 is 11.3 Å². The summed E-state index contributed by atoms with van der Waals surface area (Å²) in [6.07, 6.45) is 6.48. The van der Waals surface area contributed by atoms with Crippen LogP contribution in [0.2, 0.25) is 0 Å². The molecule has 6 heteroatoms. The first-order valence-corrected chi connectivity index (χ1v) is 10.7. The average molecular weight is 417 g/mol. The van der Waals surface area contributed by atoms with Gasteiger partial charge >= 0.3 is 5.97 Å². The van der Waals surface area contributed by atoms with Gasteiger partial charge in [-0.25, -0.2) is 4.39 Å². The number of aliphatic hydroxyl groups excluding tert-OH is 1. The quantitative estimate of drug-likeness (QED) is 0.433. The number of halogens is 1. The highest BCUT2D eigenvalue weighted by Crippen LogP contribution is 2.37. The van der Waals surface area contributed by atoms with E-state index in [4.69, 9.17) is 5.11 Å². The Hall–Kier alpha value is -2.31. The topological polar surface area (TPSA) is 74.6 Å². The maximum absolute atomic E-state index is 14.4. The zero-order chi connectivity index (χ0) is 20.8. The molecule has 1 saturated carbocycles. The van der Waals surface area contributed by atoms with Gasteiger partial charge in [0.2, 0.25) is 0 Å². The van der Waals surface area contributed by atoms with E-state index < -0.39 is 30.1 Å². The number of carboxylic acids is 1. The van der Waals surface area contributed by atoms with Crippen molar-refractivity contribution in [2.75, 3.05) is 0 Å². The zero-order valence-corrected chi connectivity index (χ0v) is 16.9. The number of benzene rings is 1. The summed E-state index contributed by atoms with van der Waals surface area (Å²) in [5.41, 5.74) is 0. The van der Waals surface area contributed by atoms with E-state index in [2.05, 4.69) is 0 Å². The molecule has 1 fully saturated rings. The minimum absolute atomic E-state index is 0.0918. The number of thiophene rings is 1. The largest absolute Gasteiger partial charge is 0.481 e. The average Bonchev–Trinajstić information content (AvgIpc) is 3.23. The summed E-state index contributed by atoms with van der Waals surface area (Å²) in [7, 11) is 0.